The molecule has 5 heteroatoms. The third kappa shape index (κ3) is 3.92. The maximum Gasteiger partial charge on any atom is 0.416 e. The van der Waals surface area contributed by atoms with Gasteiger partial charge >= 0.3 is 12.1 Å². The Hall–Kier alpha value is -1.52. The van der Waals surface area contributed by atoms with Crippen LogP contribution in [0.25, 0.3) is 0 Å². The van der Waals surface area contributed by atoms with Crippen molar-refractivity contribution in [3.63, 3.8) is 0 Å². The number of aryl methyl sites for hydroxylation is 1. The lowest BCUT2D eigenvalue weighted by Crippen LogP contribution is -2.05. The molecule has 0 fully saturated rings. The molecule has 1 aromatic rings. The normalized spacial score (nSPS) is 11.4. The molecule has 0 unspecified atom stereocenters. The quantitative estimate of drug-likeness (QED) is 0.865. The number of carboxylic acid groups (broad SMARTS) is 1. The second kappa shape index (κ2) is 5.01. The molecule has 1 rings (SSSR count). The zero-order valence-electron chi connectivity index (χ0n) is 8.42. The van der Waals surface area contributed by atoms with Crippen LogP contribution in [0.1, 0.15) is 24.0 Å². The molecule has 0 spiro atoms. The van der Waals surface area contributed by atoms with E-state index < -0.39 is 17.7 Å². The highest BCUT2D eigenvalue weighted by Crippen LogP contribution is 2.29. The average Bonchev–Trinajstić information content (AvgIpc) is 2.16. The van der Waals surface area contributed by atoms with Crippen LogP contribution in [0.5, 0.6) is 0 Å². The highest BCUT2D eigenvalue weighted by Gasteiger charge is 2.30. The maximum atomic E-state index is 12.3. The summed E-state index contributed by atoms with van der Waals surface area (Å²) in [4.78, 5) is 10.2. The van der Waals surface area contributed by atoms with Crippen molar-refractivity contribution in [2.24, 2.45) is 0 Å². The van der Waals surface area contributed by atoms with Crippen LogP contribution < -0.4 is 0 Å². The number of carbonyl (C=O) groups is 1. The molecule has 0 atom stereocenters. The van der Waals surface area contributed by atoms with Gasteiger partial charge in [-0.3, -0.25) is 4.79 Å². The summed E-state index contributed by atoms with van der Waals surface area (Å²) < 4.78 is 37.0. The molecule has 0 saturated carbocycles. The minimum atomic E-state index is -4.34. The van der Waals surface area contributed by atoms with Gasteiger partial charge in [0.05, 0.1) is 5.56 Å². The highest BCUT2D eigenvalue weighted by atomic mass is 19.4. The SMILES string of the molecule is O=C(O)CCCc1cccc(C(F)(F)F)c1. The summed E-state index contributed by atoms with van der Waals surface area (Å²) in [6.07, 6.45) is -3.69. The van der Waals surface area contributed by atoms with Crippen LogP contribution in [-0.2, 0) is 17.4 Å². The van der Waals surface area contributed by atoms with E-state index in [1.165, 1.54) is 6.07 Å². The molecular formula is C11H11F3O2. The van der Waals surface area contributed by atoms with Gasteiger partial charge in [0.25, 0.3) is 0 Å². The van der Waals surface area contributed by atoms with Gasteiger partial charge in [0.15, 0.2) is 0 Å². The van der Waals surface area contributed by atoms with E-state index in [4.69, 9.17) is 5.11 Å². The van der Waals surface area contributed by atoms with E-state index in [-0.39, 0.29) is 6.42 Å². The fourth-order valence-corrected chi connectivity index (χ4v) is 1.35. The molecular weight excluding hydrogens is 221 g/mol. The van der Waals surface area contributed by atoms with Crippen molar-refractivity contribution in [2.75, 3.05) is 0 Å². The summed E-state index contributed by atoms with van der Waals surface area (Å²) >= 11 is 0. The number of rotatable bonds is 4. The Labute approximate surface area is 90.7 Å². The minimum absolute atomic E-state index is 0.0315. The van der Waals surface area contributed by atoms with Gasteiger partial charge in [-0.2, -0.15) is 13.2 Å². The van der Waals surface area contributed by atoms with Crippen molar-refractivity contribution >= 4 is 5.97 Å². The lowest BCUT2D eigenvalue weighted by Gasteiger charge is -2.08. The fraction of sp³-hybridized carbons (Fsp3) is 0.364. The summed E-state index contributed by atoms with van der Waals surface area (Å²) in [6, 6.07) is 4.96. The van der Waals surface area contributed by atoms with E-state index in [9.17, 15) is 18.0 Å². The van der Waals surface area contributed by atoms with Gasteiger partial charge < -0.3 is 5.11 Å². The smallest absolute Gasteiger partial charge is 0.416 e. The number of benzene rings is 1. The van der Waals surface area contributed by atoms with Gasteiger partial charge in [-0.1, -0.05) is 18.2 Å². The topological polar surface area (TPSA) is 37.3 Å². The molecule has 0 aromatic heterocycles. The Morgan fingerprint density at radius 3 is 2.56 bits per heavy atom. The Bertz CT molecular complexity index is 372. The van der Waals surface area contributed by atoms with Crippen molar-refractivity contribution < 1.29 is 23.1 Å². The van der Waals surface area contributed by atoms with Crippen LogP contribution in [0.4, 0.5) is 13.2 Å². The Kier molecular flexibility index (Phi) is 3.93. The molecule has 0 radical (unpaired) electrons. The first-order valence-electron chi connectivity index (χ1n) is 4.77. The van der Waals surface area contributed by atoms with Crippen LogP contribution in [0.15, 0.2) is 24.3 Å². The van der Waals surface area contributed by atoms with Crippen molar-refractivity contribution in [3.05, 3.63) is 35.4 Å². The van der Waals surface area contributed by atoms with Crippen LogP contribution in [0, 0.1) is 0 Å². The molecule has 1 aromatic carbocycles. The van der Waals surface area contributed by atoms with Crippen molar-refractivity contribution in [1.29, 1.82) is 0 Å². The van der Waals surface area contributed by atoms with Gasteiger partial charge in [0, 0.05) is 6.42 Å². The molecule has 16 heavy (non-hydrogen) atoms. The zero-order chi connectivity index (χ0) is 12.2. The monoisotopic (exact) mass is 232 g/mol. The first-order chi connectivity index (χ1) is 7.39. The maximum absolute atomic E-state index is 12.3. The van der Waals surface area contributed by atoms with Gasteiger partial charge in [0.1, 0.15) is 0 Å². The number of carboxylic acids is 1. The first kappa shape index (κ1) is 12.5. The van der Waals surface area contributed by atoms with Crippen molar-refractivity contribution in [1.82, 2.24) is 0 Å². The fourth-order valence-electron chi connectivity index (χ4n) is 1.35. The number of halogens is 3. The largest absolute Gasteiger partial charge is 0.481 e. The predicted molar refractivity (Wildman–Crippen MR) is 52.0 cm³/mol. The third-order valence-corrected chi connectivity index (χ3v) is 2.11. The molecule has 0 heterocycles. The van der Waals surface area contributed by atoms with Gasteiger partial charge in [0.2, 0.25) is 0 Å². The summed E-state index contributed by atoms with van der Waals surface area (Å²) in [5.74, 6) is -0.938. The molecule has 0 amide bonds. The lowest BCUT2D eigenvalue weighted by molar-refractivity contribution is -0.138. The van der Waals surface area contributed by atoms with Crippen molar-refractivity contribution in [2.45, 2.75) is 25.4 Å². The highest BCUT2D eigenvalue weighted by molar-refractivity contribution is 5.66. The predicted octanol–water partition coefficient (Wildman–Crippen LogP) is 3.11. The molecule has 0 bridgehead atoms. The van der Waals surface area contributed by atoms with Gasteiger partial charge in [-0.15, -0.1) is 0 Å². The molecule has 0 aliphatic rings. The summed E-state index contributed by atoms with van der Waals surface area (Å²) in [6.45, 7) is 0. The number of aliphatic carboxylic acids is 1. The summed E-state index contributed by atoms with van der Waals surface area (Å²) in [5, 5.41) is 8.40. The number of hydrogen-bond donors (Lipinski definition) is 1. The first-order valence-corrected chi connectivity index (χ1v) is 4.77. The van der Waals surface area contributed by atoms with E-state index in [0.29, 0.717) is 18.4 Å². The second-order valence-electron chi connectivity index (χ2n) is 3.45. The van der Waals surface area contributed by atoms with E-state index in [2.05, 4.69) is 0 Å². The van der Waals surface area contributed by atoms with Gasteiger partial charge in [-0.25, -0.2) is 0 Å². The molecule has 88 valence electrons. The Morgan fingerprint density at radius 1 is 1.31 bits per heavy atom. The van der Waals surface area contributed by atoms with E-state index in [1.807, 2.05) is 0 Å². The summed E-state index contributed by atoms with van der Waals surface area (Å²) in [7, 11) is 0. The van der Waals surface area contributed by atoms with Crippen LogP contribution >= 0.6 is 0 Å². The lowest BCUT2D eigenvalue weighted by atomic mass is 10.1. The van der Waals surface area contributed by atoms with E-state index in [0.717, 1.165) is 12.1 Å². The minimum Gasteiger partial charge on any atom is -0.481 e. The third-order valence-electron chi connectivity index (χ3n) is 2.11. The number of alkyl halides is 3. The van der Waals surface area contributed by atoms with Crippen LogP contribution in [0.2, 0.25) is 0 Å². The van der Waals surface area contributed by atoms with E-state index in [1.54, 1.807) is 6.07 Å². The zero-order valence-corrected chi connectivity index (χ0v) is 8.42. The second-order valence-corrected chi connectivity index (χ2v) is 3.45. The molecule has 1 N–H and O–H groups in total. The average molecular weight is 232 g/mol. The van der Waals surface area contributed by atoms with Gasteiger partial charge in [-0.05, 0) is 24.5 Å². The standard InChI is InChI=1S/C11H11F3O2/c12-11(13,14)9-5-1-3-8(7-9)4-2-6-10(15)16/h1,3,5,7H,2,4,6H2,(H,15,16). The molecule has 2 nitrogen and oxygen atoms in total. The number of hydrogen-bond acceptors (Lipinski definition) is 1. The van der Waals surface area contributed by atoms with E-state index >= 15 is 0 Å². The van der Waals surface area contributed by atoms with Crippen LogP contribution in [0.3, 0.4) is 0 Å². The molecule has 0 aliphatic heterocycles. The Balaban J connectivity index is 2.64. The molecule has 0 saturated heterocycles. The van der Waals surface area contributed by atoms with Crippen LogP contribution in [-0.4, -0.2) is 11.1 Å². The Morgan fingerprint density at radius 2 is 2.00 bits per heavy atom. The molecule has 0 aliphatic carbocycles. The summed E-state index contributed by atoms with van der Waals surface area (Å²) in [5.41, 5.74) is -0.184. The van der Waals surface area contributed by atoms with Crippen molar-refractivity contribution in [3.8, 4) is 0 Å².